The third kappa shape index (κ3) is 4.11. The van der Waals surface area contributed by atoms with Gasteiger partial charge < -0.3 is 4.74 Å². The molecule has 22 heavy (non-hydrogen) atoms. The topological polar surface area (TPSA) is 53.3 Å². The first-order chi connectivity index (χ1) is 10.8. The highest BCUT2D eigenvalue weighted by Crippen LogP contribution is 2.23. The van der Waals surface area contributed by atoms with E-state index in [4.69, 9.17) is 4.74 Å². The summed E-state index contributed by atoms with van der Waals surface area (Å²) >= 11 is 0. The number of allylic oxidation sites excluding steroid dienone is 1. The van der Waals surface area contributed by atoms with Crippen molar-refractivity contribution in [2.45, 2.75) is 51.3 Å². The standard InChI is InChI=1S/C18H22N2O2/c1-2-3-4-5-9-12-17-16(13-19)20(18(21)22-17)14-15-10-7-6-8-11-15/h6-12,16-17H,2-5,14H2,1H3/b12-9+/t16-,17-/m0/s1. The third-order valence-corrected chi connectivity index (χ3v) is 3.75. The van der Waals surface area contributed by atoms with E-state index < -0.39 is 18.2 Å². The van der Waals surface area contributed by atoms with Crippen molar-refractivity contribution in [1.82, 2.24) is 4.90 Å². The van der Waals surface area contributed by atoms with Crippen molar-refractivity contribution in [3.8, 4) is 6.07 Å². The highest BCUT2D eigenvalue weighted by molar-refractivity contribution is 5.72. The molecule has 2 rings (SSSR count). The molecule has 1 aliphatic heterocycles. The Morgan fingerprint density at radius 3 is 2.77 bits per heavy atom. The number of nitrogens with zero attached hydrogens (tertiary/aromatic N) is 2. The average Bonchev–Trinajstić information content (AvgIpc) is 2.83. The summed E-state index contributed by atoms with van der Waals surface area (Å²) in [6, 6.07) is 11.3. The third-order valence-electron chi connectivity index (χ3n) is 3.75. The Morgan fingerprint density at radius 2 is 2.09 bits per heavy atom. The molecule has 0 bridgehead atoms. The van der Waals surface area contributed by atoms with E-state index >= 15 is 0 Å². The molecule has 0 aromatic heterocycles. The normalized spacial score (nSPS) is 21.1. The maximum absolute atomic E-state index is 12.0. The van der Waals surface area contributed by atoms with Crippen LogP contribution < -0.4 is 0 Å². The van der Waals surface area contributed by atoms with Crippen LogP contribution in [0.1, 0.15) is 38.2 Å². The molecule has 0 radical (unpaired) electrons. The summed E-state index contributed by atoms with van der Waals surface area (Å²) in [6.45, 7) is 2.56. The van der Waals surface area contributed by atoms with E-state index in [1.54, 1.807) is 0 Å². The zero-order chi connectivity index (χ0) is 15.8. The van der Waals surface area contributed by atoms with E-state index in [0.29, 0.717) is 6.54 Å². The SMILES string of the molecule is CCCCC/C=C/[C@@H]1OC(=O)N(Cc2ccccc2)[C@H]1C#N. The summed E-state index contributed by atoms with van der Waals surface area (Å²) in [7, 11) is 0. The molecule has 1 aliphatic rings. The lowest BCUT2D eigenvalue weighted by Gasteiger charge is -2.17. The molecule has 1 aromatic carbocycles. The van der Waals surface area contributed by atoms with Crippen molar-refractivity contribution in [1.29, 1.82) is 5.26 Å². The van der Waals surface area contributed by atoms with Crippen LogP contribution in [0.4, 0.5) is 4.79 Å². The van der Waals surface area contributed by atoms with Crippen molar-refractivity contribution in [3.05, 3.63) is 48.0 Å². The molecule has 4 nitrogen and oxygen atoms in total. The smallest absolute Gasteiger partial charge is 0.412 e. The molecule has 2 atom stereocenters. The van der Waals surface area contributed by atoms with Crippen molar-refractivity contribution >= 4 is 6.09 Å². The molecule has 116 valence electrons. The van der Waals surface area contributed by atoms with Gasteiger partial charge in [0.05, 0.1) is 12.6 Å². The number of ether oxygens (including phenoxy) is 1. The van der Waals surface area contributed by atoms with Crippen LogP contribution in [0.25, 0.3) is 0 Å². The lowest BCUT2D eigenvalue weighted by atomic mass is 10.1. The van der Waals surface area contributed by atoms with E-state index in [-0.39, 0.29) is 0 Å². The van der Waals surface area contributed by atoms with E-state index in [2.05, 4.69) is 13.0 Å². The van der Waals surface area contributed by atoms with Crippen LogP contribution in [-0.4, -0.2) is 23.1 Å². The number of unbranched alkanes of at least 4 members (excludes halogenated alkanes) is 3. The highest BCUT2D eigenvalue weighted by Gasteiger charge is 2.40. The number of rotatable bonds is 7. The fourth-order valence-electron chi connectivity index (χ4n) is 2.51. The van der Waals surface area contributed by atoms with Crippen molar-refractivity contribution < 1.29 is 9.53 Å². The van der Waals surface area contributed by atoms with Crippen LogP contribution in [0.5, 0.6) is 0 Å². The molecular formula is C18H22N2O2. The van der Waals surface area contributed by atoms with Crippen molar-refractivity contribution in [3.63, 3.8) is 0 Å². The largest absolute Gasteiger partial charge is 0.438 e. The second-order valence-corrected chi connectivity index (χ2v) is 5.46. The van der Waals surface area contributed by atoms with Gasteiger partial charge >= 0.3 is 6.09 Å². The van der Waals surface area contributed by atoms with Crippen LogP contribution in [-0.2, 0) is 11.3 Å². The minimum atomic E-state index is -0.560. The van der Waals surface area contributed by atoms with Gasteiger partial charge in [0.25, 0.3) is 0 Å². The summed E-state index contributed by atoms with van der Waals surface area (Å²) in [4.78, 5) is 13.5. The molecule has 0 aliphatic carbocycles. The van der Waals surface area contributed by atoms with E-state index in [9.17, 15) is 10.1 Å². The number of hydrogen-bond acceptors (Lipinski definition) is 3. The van der Waals surface area contributed by atoms with E-state index in [1.807, 2.05) is 42.5 Å². The molecule has 0 N–H and O–H groups in total. The van der Waals surface area contributed by atoms with Gasteiger partial charge in [0.1, 0.15) is 0 Å². The molecule has 1 fully saturated rings. The molecule has 1 saturated heterocycles. The second-order valence-electron chi connectivity index (χ2n) is 5.46. The van der Waals surface area contributed by atoms with Gasteiger partial charge in [0, 0.05) is 0 Å². The lowest BCUT2D eigenvalue weighted by Crippen LogP contribution is -2.34. The van der Waals surface area contributed by atoms with Crippen LogP contribution in [0.3, 0.4) is 0 Å². The van der Waals surface area contributed by atoms with E-state index in [1.165, 1.54) is 17.7 Å². The molecule has 1 heterocycles. The molecule has 1 aromatic rings. The fraction of sp³-hybridized carbons (Fsp3) is 0.444. The van der Waals surface area contributed by atoms with Crippen molar-refractivity contribution in [2.24, 2.45) is 0 Å². The Balaban J connectivity index is 1.97. The number of hydrogen-bond donors (Lipinski definition) is 0. The predicted octanol–water partition coefficient (Wildman–Crippen LogP) is 4.04. The second kappa shape index (κ2) is 8.23. The van der Waals surface area contributed by atoms with Gasteiger partial charge in [-0.25, -0.2) is 4.79 Å². The number of amides is 1. The molecule has 1 amide bonds. The first kappa shape index (κ1) is 16.1. The summed E-state index contributed by atoms with van der Waals surface area (Å²) < 4.78 is 5.33. The zero-order valence-electron chi connectivity index (χ0n) is 12.9. The molecular weight excluding hydrogens is 276 g/mol. The quantitative estimate of drug-likeness (QED) is 0.564. The number of carbonyl (C=O) groups excluding carboxylic acids is 1. The Morgan fingerprint density at radius 1 is 1.32 bits per heavy atom. The number of cyclic esters (lactones) is 1. The monoisotopic (exact) mass is 298 g/mol. The predicted molar refractivity (Wildman–Crippen MR) is 84.9 cm³/mol. The maximum Gasteiger partial charge on any atom is 0.412 e. The molecule has 0 spiro atoms. The fourth-order valence-corrected chi connectivity index (χ4v) is 2.51. The summed E-state index contributed by atoms with van der Waals surface area (Å²) in [5.41, 5.74) is 0.993. The number of carbonyl (C=O) groups is 1. The Kier molecular flexibility index (Phi) is 6.02. The van der Waals surface area contributed by atoms with Gasteiger partial charge in [-0.15, -0.1) is 0 Å². The maximum atomic E-state index is 12.0. The first-order valence-corrected chi connectivity index (χ1v) is 7.83. The minimum Gasteiger partial charge on any atom is -0.438 e. The van der Waals surface area contributed by atoms with Gasteiger partial charge in [-0.3, -0.25) is 4.90 Å². The minimum absolute atomic E-state index is 0.401. The zero-order valence-corrected chi connectivity index (χ0v) is 12.9. The van der Waals surface area contributed by atoms with Crippen LogP contribution in [0.15, 0.2) is 42.5 Å². The number of nitriles is 1. The van der Waals surface area contributed by atoms with Crippen molar-refractivity contribution in [2.75, 3.05) is 0 Å². The van der Waals surface area contributed by atoms with Gasteiger partial charge in [-0.2, -0.15) is 5.26 Å². The van der Waals surface area contributed by atoms with Gasteiger partial charge in [0.2, 0.25) is 0 Å². The Labute approximate surface area is 132 Å². The highest BCUT2D eigenvalue weighted by atomic mass is 16.6. The first-order valence-electron chi connectivity index (χ1n) is 7.83. The van der Waals surface area contributed by atoms with Crippen LogP contribution >= 0.6 is 0 Å². The molecule has 4 heteroatoms. The molecule has 0 saturated carbocycles. The van der Waals surface area contributed by atoms with Gasteiger partial charge in [-0.05, 0) is 24.5 Å². The van der Waals surface area contributed by atoms with E-state index in [0.717, 1.165) is 18.4 Å². The molecule has 0 unspecified atom stereocenters. The lowest BCUT2D eigenvalue weighted by molar-refractivity contribution is 0.144. The summed E-state index contributed by atoms with van der Waals surface area (Å²) in [5.74, 6) is 0. The summed E-state index contributed by atoms with van der Waals surface area (Å²) in [5, 5.41) is 9.39. The summed E-state index contributed by atoms with van der Waals surface area (Å²) in [6.07, 6.45) is 7.43. The van der Waals surface area contributed by atoms with Gasteiger partial charge in [-0.1, -0.05) is 56.2 Å². The van der Waals surface area contributed by atoms with Crippen LogP contribution in [0.2, 0.25) is 0 Å². The van der Waals surface area contributed by atoms with Gasteiger partial charge in [0.15, 0.2) is 12.1 Å². The Hall–Kier alpha value is -2.28. The average molecular weight is 298 g/mol. The Bertz CT molecular complexity index is 548. The van der Waals surface area contributed by atoms with Crippen LogP contribution in [0, 0.1) is 11.3 Å². The number of benzene rings is 1.